The van der Waals surface area contributed by atoms with E-state index < -0.39 is 0 Å². The standard InChI is InChI=1S/C22H25.C19H19.2CH3.Si.Zr/c1-15(2)18-13-17-7-6-8-20(21(17)14-18)16-9-11-19(12-10-16)22(3,4)5;1-12-7-13(2)9-16(8-12)17-6-5-15(4)18-10-14(3)11-19(17)18;;;;/h6-15H,1-5H3;5-11H,1-4H3;2*1H3;;/q4*-1;;. The predicted molar refractivity (Wildman–Crippen MR) is 200 cm³/mol. The van der Waals surface area contributed by atoms with Crippen LogP contribution in [-0.4, -0.2) is 6.88 Å². The zero-order valence-corrected chi connectivity index (χ0v) is 32.8. The Morgan fingerprint density at radius 1 is 0.644 bits per heavy atom. The molecule has 0 saturated carbocycles. The van der Waals surface area contributed by atoms with Crippen molar-refractivity contribution in [2.75, 3.05) is 0 Å². The number of hydrogen-bond donors (Lipinski definition) is 0. The molecule has 0 heterocycles. The SMILES string of the molecule is CC(C)c1cc2c(-c3ccc(C(C)(C)C)cc3)cccc2[cH-]1.Cc1cc(C)cc(-c2ccc(C)c3[cH-]c(C)cc23)c1.[CH3-].[CH3-].[Si]=[Zr]. The molecule has 0 aromatic heterocycles. The fraction of sp³-hybridized carbons (Fsp3) is 0.256. The second-order valence-corrected chi connectivity index (χ2v) is 13.2. The molecule has 0 spiro atoms. The summed E-state index contributed by atoms with van der Waals surface area (Å²) in [5, 5.41) is 5.48. The molecule has 2 heteroatoms. The second kappa shape index (κ2) is 16.2. The molecular weight excluding hydrogens is 636 g/mol. The predicted octanol–water partition coefficient (Wildman–Crippen LogP) is 12.6. The average molecular weight is 686 g/mol. The van der Waals surface area contributed by atoms with Gasteiger partial charge in [0.25, 0.3) is 0 Å². The third kappa shape index (κ3) is 8.93. The molecule has 45 heavy (non-hydrogen) atoms. The Kier molecular flexibility index (Phi) is 13.8. The first-order valence-electron chi connectivity index (χ1n) is 15.2. The van der Waals surface area contributed by atoms with Crippen LogP contribution in [0, 0.1) is 42.5 Å². The molecule has 0 amide bonds. The molecule has 0 fully saturated rings. The van der Waals surface area contributed by atoms with Crippen LogP contribution < -0.4 is 0 Å². The van der Waals surface area contributed by atoms with E-state index in [0.29, 0.717) is 5.92 Å². The number of aryl methyl sites for hydroxylation is 4. The number of fused-ring (bicyclic) bond motifs is 2. The van der Waals surface area contributed by atoms with Gasteiger partial charge in [-0.05, 0) is 41.9 Å². The van der Waals surface area contributed by atoms with Crippen molar-refractivity contribution in [3.63, 3.8) is 0 Å². The third-order valence-electron chi connectivity index (χ3n) is 8.28. The zero-order valence-electron chi connectivity index (χ0n) is 29.3. The fourth-order valence-corrected chi connectivity index (χ4v) is 5.96. The van der Waals surface area contributed by atoms with Crippen LogP contribution in [0.25, 0.3) is 43.8 Å². The van der Waals surface area contributed by atoms with Gasteiger partial charge in [-0.15, -0.1) is 68.6 Å². The molecule has 6 aromatic rings. The monoisotopic (exact) mass is 684 g/mol. The van der Waals surface area contributed by atoms with Crippen LogP contribution in [0.2, 0.25) is 0 Å². The summed E-state index contributed by atoms with van der Waals surface area (Å²) in [6, 6.07) is 36.2. The first kappa shape index (κ1) is 38.4. The summed E-state index contributed by atoms with van der Waals surface area (Å²) in [6.07, 6.45) is 0. The molecule has 6 rings (SSSR count). The molecule has 2 radical (unpaired) electrons. The van der Waals surface area contributed by atoms with Crippen LogP contribution in [0.4, 0.5) is 0 Å². The summed E-state index contributed by atoms with van der Waals surface area (Å²) >= 11 is 1.36. The molecule has 0 aliphatic rings. The van der Waals surface area contributed by atoms with Gasteiger partial charge in [-0.3, -0.25) is 0 Å². The van der Waals surface area contributed by atoms with Gasteiger partial charge in [0.2, 0.25) is 0 Å². The van der Waals surface area contributed by atoms with E-state index >= 15 is 0 Å². The minimum absolute atomic E-state index is 0. The van der Waals surface area contributed by atoms with E-state index in [0.717, 1.165) is 0 Å². The first-order valence-corrected chi connectivity index (χ1v) is 19.4. The van der Waals surface area contributed by atoms with Gasteiger partial charge in [0.15, 0.2) is 0 Å². The van der Waals surface area contributed by atoms with Crippen molar-refractivity contribution in [1.82, 2.24) is 0 Å². The van der Waals surface area contributed by atoms with Crippen molar-refractivity contribution < 1.29 is 23.3 Å². The number of hydrogen-bond acceptors (Lipinski definition) is 0. The molecule has 234 valence electrons. The van der Waals surface area contributed by atoms with Crippen LogP contribution in [-0.2, 0) is 28.8 Å². The maximum absolute atomic E-state index is 3.06. The Morgan fingerprint density at radius 3 is 1.82 bits per heavy atom. The molecule has 0 saturated heterocycles. The third-order valence-corrected chi connectivity index (χ3v) is 8.28. The summed E-state index contributed by atoms with van der Waals surface area (Å²) in [7, 11) is 0. The van der Waals surface area contributed by atoms with Gasteiger partial charge in [-0.1, -0.05) is 125 Å². The van der Waals surface area contributed by atoms with Gasteiger partial charge in [-0.25, -0.2) is 0 Å². The van der Waals surface area contributed by atoms with Crippen LogP contribution in [0.3, 0.4) is 0 Å². The van der Waals surface area contributed by atoms with Crippen molar-refractivity contribution in [3.05, 3.63) is 145 Å². The Labute approximate surface area is 291 Å². The van der Waals surface area contributed by atoms with Crippen LogP contribution in [0.15, 0.2) is 97.1 Å². The molecular formula is C43H50SiZr-4. The molecule has 0 aliphatic heterocycles. The van der Waals surface area contributed by atoms with E-state index in [9.17, 15) is 0 Å². The van der Waals surface area contributed by atoms with E-state index in [-0.39, 0.29) is 20.3 Å². The molecule has 0 nitrogen and oxygen atoms in total. The molecule has 0 unspecified atom stereocenters. The Balaban J connectivity index is 0.000000287. The molecule has 0 N–H and O–H groups in total. The zero-order chi connectivity index (χ0) is 31.5. The van der Waals surface area contributed by atoms with Crippen molar-refractivity contribution >= 4 is 28.4 Å². The Hall–Kier alpha value is -2.80. The number of benzene rings is 4. The van der Waals surface area contributed by atoms with E-state index in [1.165, 1.54) is 101 Å². The summed E-state index contributed by atoms with van der Waals surface area (Å²) in [5.74, 6) is 0.573. The van der Waals surface area contributed by atoms with Crippen molar-refractivity contribution in [2.45, 2.75) is 73.6 Å². The molecule has 0 bridgehead atoms. The second-order valence-electron chi connectivity index (χ2n) is 13.2. The van der Waals surface area contributed by atoms with Gasteiger partial charge in [0.1, 0.15) is 0 Å². The molecule has 6 aromatic carbocycles. The van der Waals surface area contributed by atoms with E-state index in [1.54, 1.807) is 0 Å². The van der Waals surface area contributed by atoms with E-state index in [1.807, 2.05) is 0 Å². The Morgan fingerprint density at radius 2 is 1.24 bits per heavy atom. The van der Waals surface area contributed by atoms with Crippen LogP contribution >= 0.6 is 0 Å². The number of rotatable bonds is 3. The summed E-state index contributed by atoms with van der Waals surface area (Å²) in [5.41, 5.74) is 13.7. The van der Waals surface area contributed by atoms with Crippen molar-refractivity contribution in [2.24, 2.45) is 0 Å². The van der Waals surface area contributed by atoms with E-state index in [4.69, 9.17) is 0 Å². The summed E-state index contributed by atoms with van der Waals surface area (Å²) < 4.78 is 0. The molecule has 0 aliphatic carbocycles. The average Bonchev–Trinajstić information content (AvgIpc) is 3.58. The van der Waals surface area contributed by atoms with Crippen molar-refractivity contribution in [1.29, 1.82) is 0 Å². The maximum atomic E-state index is 3.06. The Bertz CT molecular complexity index is 1820. The van der Waals surface area contributed by atoms with Gasteiger partial charge >= 0.3 is 30.2 Å². The fourth-order valence-electron chi connectivity index (χ4n) is 5.96. The van der Waals surface area contributed by atoms with Gasteiger partial charge in [-0.2, -0.15) is 12.1 Å². The first-order chi connectivity index (χ1) is 20.4. The van der Waals surface area contributed by atoms with E-state index in [2.05, 4.69) is 166 Å². The summed E-state index contributed by atoms with van der Waals surface area (Å²) in [4.78, 5) is 0. The molecule has 0 atom stereocenters. The van der Waals surface area contributed by atoms with Crippen LogP contribution in [0.5, 0.6) is 0 Å². The summed E-state index contributed by atoms with van der Waals surface area (Å²) in [6.45, 7) is 23.0. The van der Waals surface area contributed by atoms with Crippen LogP contribution in [0.1, 0.15) is 73.9 Å². The van der Waals surface area contributed by atoms with Gasteiger partial charge in [0.05, 0.1) is 0 Å². The minimum atomic E-state index is 0. The van der Waals surface area contributed by atoms with Crippen molar-refractivity contribution in [3.8, 4) is 22.3 Å². The quantitative estimate of drug-likeness (QED) is 0.128. The van der Waals surface area contributed by atoms with Gasteiger partial charge < -0.3 is 14.9 Å². The topological polar surface area (TPSA) is 0 Å². The van der Waals surface area contributed by atoms with Gasteiger partial charge in [0, 0.05) is 0 Å². The normalized spacial score (nSPS) is 10.8.